The molecule has 0 saturated heterocycles. The molecule has 0 saturated carbocycles. The molecule has 0 unspecified atom stereocenters. The summed E-state index contributed by atoms with van der Waals surface area (Å²) in [5.41, 5.74) is 4.85. The fraction of sp³-hybridized carbons (Fsp3) is 0.500. The van der Waals surface area contributed by atoms with Crippen molar-refractivity contribution in [2.24, 2.45) is 5.92 Å². The largest absolute Gasteiger partial charge is 0.347 e. The third-order valence-corrected chi connectivity index (χ3v) is 11.7. The third kappa shape index (κ3) is 8.61. The first kappa shape index (κ1) is 34.4. The Morgan fingerprint density at radius 2 is 1.68 bits per heavy atom. The minimum atomic E-state index is -3.56. The van der Waals surface area contributed by atoms with Crippen molar-refractivity contribution in [1.29, 1.82) is 0 Å². The van der Waals surface area contributed by atoms with E-state index in [1.165, 1.54) is 46.1 Å². The van der Waals surface area contributed by atoms with Gasteiger partial charge in [-0.2, -0.15) is 4.31 Å². The van der Waals surface area contributed by atoms with Crippen molar-refractivity contribution < 1.29 is 17.4 Å². The standard InChI is InChI=1S/C36H54N4O2S2/c1-28(2)14-12-23-40(8,9)24-13-20-38-21-19-30(33-15-10-11-16-34(33)38)26-35-29(3)32-18-17-31(27-36(32)43-35)44(41,42)37(4)22-25-39(5,6)7/h10-11,15-19,21,26-28H,12-14,20,22-25H2,1-9H3/q+2. The summed E-state index contributed by atoms with van der Waals surface area (Å²) >= 11 is 1.67. The molecular formula is C36H54N4O2S2+2. The number of likely N-dealkylation sites (N-methyl/N-ethyl adjacent to an activating group) is 2. The second kappa shape index (κ2) is 13.9. The molecule has 2 aromatic carbocycles. The van der Waals surface area contributed by atoms with Crippen molar-refractivity contribution in [3.8, 4) is 0 Å². The lowest BCUT2D eigenvalue weighted by Gasteiger charge is -2.32. The summed E-state index contributed by atoms with van der Waals surface area (Å²) in [6, 6.07) is 14.2. The van der Waals surface area contributed by atoms with Crippen molar-refractivity contribution in [3.63, 3.8) is 0 Å². The van der Waals surface area contributed by atoms with E-state index in [0.29, 0.717) is 15.9 Å². The number of aryl methyl sites for hydroxylation is 1. The molecule has 0 atom stereocenters. The van der Waals surface area contributed by atoms with Gasteiger partial charge in [0, 0.05) is 47.0 Å². The van der Waals surface area contributed by atoms with Crippen LogP contribution in [0.25, 0.3) is 21.7 Å². The van der Waals surface area contributed by atoms with E-state index >= 15 is 0 Å². The van der Waals surface area contributed by atoms with Crippen LogP contribution in [-0.4, -0.2) is 96.7 Å². The predicted octanol–water partition coefficient (Wildman–Crippen LogP) is 7.31. The summed E-state index contributed by atoms with van der Waals surface area (Å²) in [6.07, 6.45) is 10.4. The van der Waals surface area contributed by atoms with Gasteiger partial charge in [0.1, 0.15) is 0 Å². The Bertz CT molecular complexity index is 1610. The molecule has 0 radical (unpaired) electrons. The topological polar surface area (TPSA) is 40.6 Å². The van der Waals surface area contributed by atoms with Crippen LogP contribution in [0.2, 0.25) is 0 Å². The number of rotatable bonds is 14. The molecular weight excluding hydrogens is 585 g/mol. The van der Waals surface area contributed by atoms with Gasteiger partial charge in [-0.25, -0.2) is 8.42 Å². The van der Waals surface area contributed by atoms with Crippen LogP contribution < -0.4 is 4.90 Å². The molecule has 8 heteroatoms. The van der Waals surface area contributed by atoms with Gasteiger partial charge in [0.05, 0.1) is 66.3 Å². The van der Waals surface area contributed by atoms with Gasteiger partial charge in [0.15, 0.2) is 0 Å². The van der Waals surface area contributed by atoms with Crippen LogP contribution in [0.1, 0.15) is 49.1 Å². The fourth-order valence-corrected chi connectivity index (χ4v) is 8.21. The normalized spacial score (nSPS) is 15.2. The number of benzene rings is 2. The number of nitrogens with zero attached hydrogens (tertiary/aromatic N) is 4. The maximum atomic E-state index is 13.4. The van der Waals surface area contributed by atoms with Gasteiger partial charge in [-0.1, -0.05) is 38.1 Å². The van der Waals surface area contributed by atoms with E-state index in [4.69, 9.17) is 0 Å². The van der Waals surface area contributed by atoms with Crippen molar-refractivity contribution in [3.05, 3.63) is 70.7 Å². The van der Waals surface area contributed by atoms with Crippen LogP contribution in [0.15, 0.2) is 59.6 Å². The highest BCUT2D eigenvalue weighted by Gasteiger charge is 2.24. The molecule has 1 aromatic heterocycles. The number of quaternary nitrogens is 2. The van der Waals surface area contributed by atoms with Gasteiger partial charge >= 0.3 is 0 Å². The van der Waals surface area contributed by atoms with Gasteiger partial charge in [0.2, 0.25) is 10.0 Å². The zero-order valence-electron chi connectivity index (χ0n) is 28.4. The molecule has 1 aliphatic rings. The first-order chi connectivity index (χ1) is 20.6. The SMILES string of the molecule is Cc1c(C=C2C=CN(CCC[N+](C)(C)CCCC(C)C)c3ccccc32)sc2cc(S(=O)(=O)N(C)CC[N+](C)(C)C)ccc12. The van der Waals surface area contributed by atoms with E-state index in [-0.39, 0.29) is 0 Å². The maximum absolute atomic E-state index is 13.4. The Kier molecular flexibility index (Phi) is 10.8. The summed E-state index contributed by atoms with van der Waals surface area (Å²) in [7, 11) is 9.06. The summed E-state index contributed by atoms with van der Waals surface area (Å²) in [5.74, 6) is 0.770. The fourth-order valence-electron chi connectivity index (χ4n) is 5.74. The van der Waals surface area contributed by atoms with E-state index < -0.39 is 10.0 Å². The lowest BCUT2D eigenvalue weighted by molar-refractivity contribution is -0.890. The van der Waals surface area contributed by atoms with Crippen LogP contribution >= 0.6 is 11.3 Å². The highest BCUT2D eigenvalue weighted by molar-refractivity contribution is 7.89. The van der Waals surface area contributed by atoms with Crippen molar-refractivity contribution in [2.75, 3.05) is 79.9 Å². The molecule has 0 N–H and O–H groups in total. The minimum Gasteiger partial charge on any atom is -0.347 e. The summed E-state index contributed by atoms with van der Waals surface area (Å²) < 4.78 is 31.0. The molecule has 240 valence electrons. The second-order valence-electron chi connectivity index (χ2n) is 14.5. The van der Waals surface area contributed by atoms with Gasteiger partial charge in [-0.15, -0.1) is 11.3 Å². The number of allylic oxidation sites excluding steroid dienone is 2. The van der Waals surface area contributed by atoms with Crippen LogP contribution in [0.4, 0.5) is 5.69 Å². The zero-order chi connectivity index (χ0) is 32.3. The van der Waals surface area contributed by atoms with Crippen molar-refractivity contribution in [2.45, 2.75) is 44.9 Å². The third-order valence-electron chi connectivity index (χ3n) is 8.69. The van der Waals surface area contributed by atoms with Crippen LogP contribution in [0, 0.1) is 12.8 Å². The molecule has 0 fully saturated rings. The molecule has 0 spiro atoms. The number of para-hydroxylation sites is 1. The number of hydrogen-bond donors (Lipinski definition) is 0. The Labute approximate surface area is 271 Å². The average Bonchev–Trinajstić information content (AvgIpc) is 3.26. The van der Waals surface area contributed by atoms with Gasteiger partial charge in [-0.3, -0.25) is 0 Å². The van der Waals surface area contributed by atoms with Crippen molar-refractivity contribution >= 4 is 48.8 Å². The number of fused-ring (bicyclic) bond motifs is 2. The Hall–Kier alpha value is -2.49. The molecule has 44 heavy (non-hydrogen) atoms. The molecule has 3 aromatic rings. The predicted molar refractivity (Wildman–Crippen MR) is 191 cm³/mol. The quantitative estimate of drug-likeness (QED) is 0.174. The van der Waals surface area contributed by atoms with Crippen LogP contribution in [0.5, 0.6) is 0 Å². The Morgan fingerprint density at radius 1 is 0.977 bits per heavy atom. The smallest absolute Gasteiger partial charge is 0.243 e. The van der Waals surface area contributed by atoms with Gasteiger partial charge < -0.3 is 13.9 Å². The summed E-state index contributed by atoms with van der Waals surface area (Å²) in [5, 5.41) is 1.11. The maximum Gasteiger partial charge on any atom is 0.243 e. The molecule has 1 aliphatic heterocycles. The van der Waals surface area contributed by atoms with E-state index in [9.17, 15) is 8.42 Å². The first-order valence-corrected chi connectivity index (χ1v) is 18.2. The van der Waals surface area contributed by atoms with E-state index in [1.807, 2.05) is 12.1 Å². The Balaban J connectivity index is 1.52. The summed E-state index contributed by atoms with van der Waals surface area (Å²) in [4.78, 5) is 3.91. The second-order valence-corrected chi connectivity index (χ2v) is 17.6. The van der Waals surface area contributed by atoms with E-state index in [1.54, 1.807) is 24.5 Å². The molecule has 2 heterocycles. The monoisotopic (exact) mass is 638 g/mol. The number of sulfonamides is 1. The molecule has 0 amide bonds. The van der Waals surface area contributed by atoms with E-state index in [2.05, 4.69) is 104 Å². The van der Waals surface area contributed by atoms with Gasteiger partial charge in [-0.05, 0) is 72.6 Å². The molecule has 0 aliphatic carbocycles. The highest BCUT2D eigenvalue weighted by Crippen LogP contribution is 2.39. The molecule has 0 bridgehead atoms. The first-order valence-electron chi connectivity index (χ1n) is 16.0. The zero-order valence-corrected chi connectivity index (χ0v) is 30.1. The lowest BCUT2D eigenvalue weighted by atomic mass is 9.98. The van der Waals surface area contributed by atoms with E-state index in [0.717, 1.165) is 51.4 Å². The van der Waals surface area contributed by atoms with Crippen molar-refractivity contribution in [1.82, 2.24) is 4.31 Å². The lowest BCUT2D eigenvalue weighted by Crippen LogP contribution is -2.42. The van der Waals surface area contributed by atoms with Gasteiger partial charge in [0.25, 0.3) is 0 Å². The number of hydrogen-bond acceptors (Lipinski definition) is 4. The highest BCUT2D eigenvalue weighted by atomic mass is 32.2. The minimum absolute atomic E-state index is 0.356. The number of thiophene rings is 1. The number of anilines is 1. The van der Waals surface area contributed by atoms with Crippen LogP contribution in [-0.2, 0) is 10.0 Å². The summed E-state index contributed by atoms with van der Waals surface area (Å²) in [6.45, 7) is 11.4. The van der Waals surface area contributed by atoms with Crippen LogP contribution in [0.3, 0.4) is 0 Å². The molecule has 4 rings (SSSR count). The Morgan fingerprint density at radius 3 is 2.39 bits per heavy atom. The molecule has 6 nitrogen and oxygen atoms in total. The average molecular weight is 639 g/mol.